The molecule has 2 unspecified atom stereocenters. The predicted octanol–water partition coefficient (Wildman–Crippen LogP) is 1.32. The van der Waals surface area contributed by atoms with Crippen LogP contribution in [-0.2, 0) is 14.8 Å². The Morgan fingerprint density at radius 1 is 1.31 bits per heavy atom. The fraction of sp³-hybridized carbons (Fsp3) is 0.273. The highest BCUT2D eigenvalue weighted by Crippen LogP contribution is 2.30. The summed E-state index contributed by atoms with van der Waals surface area (Å²) in [6.45, 7) is 0. The van der Waals surface area contributed by atoms with E-state index in [4.69, 9.17) is 9.88 Å². The summed E-state index contributed by atoms with van der Waals surface area (Å²) in [5.74, 6) is 0. The number of hydrogen-bond acceptors (Lipinski definition) is 3. The third-order valence-electron chi connectivity index (χ3n) is 2.54. The fourth-order valence-corrected chi connectivity index (χ4v) is 2.99. The topological polar surface area (TPSA) is 69.4 Å². The van der Waals surface area contributed by atoms with Gasteiger partial charge in [-0.1, -0.05) is 30.3 Å². The van der Waals surface area contributed by atoms with Gasteiger partial charge in [-0.05, 0) is 11.6 Å². The summed E-state index contributed by atoms with van der Waals surface area (Å²) >= 11 is 0. The summed E-state index contributed by atoms with van der Waals surface area (Å²) in [6, 6.07) is 8.90. The van der Waals surface area contributed by atoms with Crippen molar-refractivity contribution in [3.63, 3.8) is 0 Å². The lowest BCUT2D eigenvalue weighted by molar-refractivity contribution is 0.164. The molecule has 86 valence electrons. The van der Waals surface area contributed by atoms with Gasteiger partial charge in [0.2, 0.25) is 10.0 Å². The van der Waals surface area contributed by atoms with E-state index in [-0.39, 0.29) is 0 Å². The molecule has 1 heterocycles. The van der Waals surface area contributed by atoms with Crippen molar-refractivity contribution in [2.24, 2.45) is 5.14 Å². The van der Waals surface area contributed by atoms with Crippen LogP contribution in [0.3, 0.4) is 0 Å². The van der Waals surface area contributed by atoms with E-state index in [2.05, 4.69) is 0 Å². The fourth-order valence-electron chi connectivity index (χ4n) is 1.86. The molecule has 0 aliphatic carbocycles. The molecule has 1 aromatic rings. The van der Waals surface area contributed by atoms with Crippen LogP contribution in [0.4, 0.5) is 0 Å². The molecule has 0 fully saturated rings. The van der Waals surface area contributed by atoms with E-state index in [9.17, 15) is 8.42 Å². The molecule has 1 aliphatic rings. The van der Waals surface area contributed by atoms with Crippen LogP contribution < -0.4 is 5.14 Å². The molecule has 16 heavy (non-hydrogen) atoms. The van der Waals surface area contributed by atoms with Gasteiger partial charge in [0.1, 0.15) is 11.4 Å². The van der Waals surface area contributed by atoms with Crippen LogP contribution in [0, 0.1) is 0 Å². The first kappa shape index (κ1) is 11.2. The molecule has 4 nitrogen and oxygen atoms in total. The Morgan fingerprint density at radius 3 is 2.50 bits per heavy atom. The maximum absolute atomic E-state index is 11.6. The van der Waals surface area contributed by atoms with E-state index in [0.717, 1.165) is 0 Å². The average Bonchev–Trinajstić information content (AvgIpc) is 2.71. The van der Waals surface area contributed by atoms with E-state index in [1.807, 2.05) is 6.07 Å². The number of ether oxygens (including phenoxy) is 1. The van der Waals surface area contributed by atoms with E-state index < -0.39 is 21.4 Å². The summed E-state index contributed by atoms with van der Waals surface area (Å²) in [5.41, 5.74) is 0.665. The molecule has 5 heteroatoms. The SMILES string of the molecule is NS(=O)(=O)C(c1ccccc1)C1CC=CO1. The number of rotatable bonds is 3. The van der Waals surface area contributed by atoms with Crippen LogP contribution in [0.5, 0.6) is 0 Å². The number of hydrogen-bond donors (Lipinski definition) is 1. The Hall–Kier alpha value is -1.33. The van der Waals surface area contributed by atoms with Crippen molar-refractivity contribution >= 4 is 10.0 Å². The van der Waals surface area contributed by atoms with Crippen LogP contribution in [0.25, 0.3) is 0 Å². The zero-order chi connectivity index (χ0) is 11.6. The molecule has 1 aliphatic heterocycles. The van der Waals surface area contributed by atoms with Crippen LogP contribution in [0.15, 0.2) is 42.7 Å². The van der Waals surface area contributed by atoms with Gasteiger partial charge in [-0.3, -0.25) is 0 Å². The first-order valence-corrected chi connectivity index (χ1v) is 6.57. The maximum atomic E-state index is 11.6. The molecule has 0 bridgehead atoms. The van der Waals surface area contributed by atoms with Gasteiger partial charge >= 0.3 is 0 Å². The minimum absolute atomic E-state index is 0.419. The van der Waals surface area contributed by atoms with Crippen LogP contribution in [0.2, 0.25) is 0 Å². The maximum Gasteiger partial charge on any atom is 0.219 e. The minimum atomic E-state index is -3.67. The van der Waals surface area contributed by atoms with E-state index >= 15 is 0 Å². The second-order valence-corrected chi connectivity index (χ2v) is 5.39. The minimum Gasteiger partial charge on any atom is -0.496 e. The molecule has 2 atom stereocenters. The van der Waals surface area contributed by atoms with Crippen molar-refractivity contribution in [3.8, 4) is 0 Å². The lowest BCUT2D eigenvalue weighted by Crippen LogP contribution is -2.31. The lowest BCUT2D eigenvalue weighted by atomic mass is 10.1. The highest BCUT2D eigenvalue weighted by atomic mass is 32.2. The standard InChI is InChI=1S/C11H13NO3S/c12-16(13,14)11(10-7-4-8-15-10)9-5-2-1-3-6-9/h1-6,8,10-11H,7H2,(H2,12,13,14). The molecule has 0 saturated heterocycles. The van der Waals surface area contributed by atoms with Gasteiger partial charge in [-0.25, -0.2) is 13.6 Å². The quantitative estimate of drug-likeness (QED) is 0.864. The first-order valence-electron chi connectivity index (χ1n) is 4.96. The number of nitrogens with two attached hydrogens (primary N) is 1. The van der Waals surface area contributed by atoms with Crippen molar-refractivity contribution < 1.29 is 13.2 Å². The molecule has 0 amide bonds. The second-order valence-electron chi connectivity index (χ2n) is 3.70. The number of sulfonamides is 1. The van der Waals surface area contributed by atoms with E-state index in [0.29, 0.717) is 12.0 Å². The van der Waals surface area contributed by atoms with Gasteiger partial charge in [-0.15, -0.1) is 0 Å². The van der Waals surface area contributed by atoms with Crippen molar-refractivity contribution in [3.05, 3.63) is 48.2 Å². The van der Waals surface area contributed by atoms with Crippen molar-refractivity contribution in [1.82, 2.24) is 0 Å². The van der Waals surface area contributed by atoms with Crippen LogP contribution in [-0.4, -0.2) is 14.5 Å². The monoisotopic (exact) mass is 239 g/mol. The van der Waals surface area contributed by atoms with Crippen molar-refractivity contribution in [2.45, 2.75) is 17.8 Å². The third-order valence-corrected chi connectivity index (χ3v) is 3.82. The van der Waals surface area contributed by atoms with Gasteiger partial charge < -0.3 is 4.74 Å². The summed E-state index contributed by atoms with van der Waals surface area (Å²) in [5, 5.41) is 4.45. The lowest BCUT2D eigenvalue weighted by Gasteiger charge is -2.21. The van der Waals surface area contributed by atoms with E-state index in [1.165, 1.54) is 6.26 Å². The highest BCUT2D eigenvalue weighted by Gasteiger charge is 2.34. The Kier molecular flexibility index (Phi) is 2.98. The highest BCUT2D eigenvalue weighted by molar-refractivity contribution is 7.89. The Balaban J connectivity index is 2.36. The molecule has 0 radical (unpaired) electrons. The molecule has 1 aromatic carbocycles. The smallest absolute Gasteiger partial charge is 0.219 e. The predicted molar refractivity (Wildman–Crippen MR) is 60.9 cm³/mol. The van der Waals surface area contributed by atoms with Gasteiger partial charge in [-0.2, -0.15) is 0 Å². The Labute approximate surface area is 94.8 Å². The number of primary sulfonamides is 1. The summed E-state index contributed by atoms with van der Waals surface area (Å²) in [4.78, 5) is 0. The first-order chi connectivity index (χ1) is 7.59. The Bertz CT molecular complexity index is 473. The largest absolute Gasteiger partial charge is 0.496 e. The summed E-state index contributed by atoms with van der Waals surface area (Å²) < 4.78 is 28.4. The van der Waals surface area contributed by atoms with E-state index in [1.54, 1.807) is 30.3 Å². The summed E-state index contributed by atoms with van der Waals surface area (Å²) in [7, 11) is -3.67. The van der Waals surface area contributed by atoms with Crippen LogP contribution in [0.1, 0.15) is 17.2 Å². The number of benzene rings is 1. The molecule has 2 rings (SSSR count). The average molecular weight is 239 g/mol. The molecular weight excluding hydrogens is 226 g/mol. The van der Waals surface area contributed by atoms with Gasteiger partial charge in [0.25, 0.3) is 0 Å². The molecule has 0 spiro atoms. The third kappa shape index (κ3) is 2.25. The molecule has 0 saturated carbocycles. The van der Waals surface area contributed by atoms with Gasteiger partial charge in [0, 0.05) is 6.42 Å². The molecule has 2 N–H and O–H groups in total. The zero-order valence-corrected chi connectivity index (χ0v) is 9.43. The van der Waals surface area contributed by atoms with Gasteiger partial charge in [0.15, 0.2) is 0 Å². The summed E-state index contributed by atoms with van der Waals surface area (Å²) in [6.07, 6.45) is 3.46. The normalized spacial score (nSPS) is 21.7. The van der Waals surface area contributed by atoms with Crippen molar-refractivity contribution in [2.75, 3.05) is 0 Å². The zero-order valence-electron chi connectivity index (χ0n) is 8.61. The van der Waals surface area contributed by atoms with Gasteiger partial charge in [0.05, 0.1) is 6.26 Å². The molecule has 0 aromatic heterocycles. The van der Waals surface area contributed by atoms with Crippen molar-refractivity contribution in [1.29, 1.82) is 0 Å². The molecular formula is C11H13NO3S. The Morgan fingerprint density at radius 2 is 2.00 bits per heavy atom. The van der Waals surface area contributed by atoms with Crippen LogP contribution >= 0.6 is 0 Å². The second kappa shape index (κ2) is 4.27.